The molecule has 2 N–H and O–H groups in total. The number of hydrogen-bond donors (Lipinski definition) is 2. The molecule has 2 nitrogen and oxygen atoms in total. The lowest BCUT2D eigenvalue weighted by molar-refractivity contribution is 0.253. The van der Waals surface area contributed by atoms with Crippen molar-refractivity contribution in [1.82, 2.24) is 5.32 Å². The quantitative estimate of drug-likeness (QED) is 0.762. The number of aryl methyl sites for hydroxylation is 2. The van der Waals surface area contributed by atoms with E-state index in [2.05, 4.69) is 37.4 Å². The predicted octanol–water partition coefficient (Wildman–Crippen LogP) is 2.51. The highest BCUT2D eigenvalue weighted by Gasteiger charge is 2.24. The van der Waals surface area contributed by atoms with E-state index in [0.29, 0.717) is 6.04 Å². The molecule has 3 heteroatoms. The molecule has 94 valence electrons. The minimum absolute atomic E-state index is 0.230. The van der Waals surface area contributed by atoms with Crippen molar-refractivity contribution in [2.24, 2.45) is 0 Å². The van der Waals surface area contributed by atoms with Gasteiger partial charge in [-0.05, 0) is 38.3 Å². The van der Waals surface area contributed by atoms with Gasteiger partial charge in [0, 0.05) is 22.7 Å². The lowest BCUT2D eigenvalue weighted by atomic mass is 10.2. The van der Waals surface area contributed by atoms with E-state index in [1.165, 1.54) is 28.9 Å². The molecular weight excluding hydrogens is 230 g/mol. The number of aliphatic hydroxyl groups excluding tert-OH is 1. The fourth-order valence-electron chi connectivity index (χ4n) is 1.89. The van der Waals surface area contributed by atoms with Crippen LogP contribution in [0.15, 0.2) is 23.1 Å². The van der Waals surface area contributed by atoms with Crippen LogP contribution in [0.2, 0.25) is 0 Å². The van der Waals surface area contributed by atoms with Crippen LogP contribution < -0.4 is 5.32 Å². The molecule has 1 aromatic rings. The van der Waals surface area contributed by atoms with Crippen molar-refractivity contribution in [3.8, 4) is 0 Å². The van der Waals surface area contributed by atoms with Crippen molar-refractivity contribution in [2.45, 2.75) is 43.7 Å². The molecule has 1 fully saturated rings. The van der Waals surface area contributed by atoms with Crippen LogP contribution in [0.5, 0.6) is 0 Å². The fraction of sp³-hybridized carbons (Fsp3) is 0.571. The molecule has 1 atom stereocenters. The zero-order valence-corrected chi connectivity index (χ0v) is 11.4. The van der Waals surface area contributed by atoms with E-state index in [1.807, 2.05) is 11.8 Å². The van der Waals surface area contributed by atoms with Crippen LogP contribution >= 0.6 is 11.8 Å². The highest BCUT2D eigenvalue weighted by atomic mass is 32.2. The van der Waals surface area contributed by atoms with E-state index in [4.69, 9.17) is 0 Å². The number of benzene rings is 1. The van der Waals surface area contributed by atoms with Crippen molar-refractivity contribution in [3.63, 3.8) is 0 Å². The van der Waals surface area contributed by atoms with Gasteiger partial charge in [0.15, 0.2) is 0 Å². The molecule has 17 heavy (non-hydrogen) atoms. The second kappa shape index (κ2) is 5.89. The van der Waals surface area contributed by atoms with Gasteiger partial charge in [-0.3, -0.25) is 0 Å². The average molecular weight is 251 g/mol. The first-order chi connectivity index (χ1) is 8.19. The number of hydrogen-bond acceptors (Lipinski definition) is 3. The van der Waals surface area contributed by atoms with Gasteiger partial charge in [0.2, 0.25) is 0 Å². The number of thioether (sulfide) groups is 1. The second-order valence-corrected chi connectivity index (χ2v) is 5.96. The van der Waals surface area contributed by atoms with Gasteiger partial charge >= 0.3 is 0 Å². The largest absolute Gasteiger partial charge is 0.395 e. The Labute approximate surface area is 108 Å². The molecule has 0 bridgehead atoms. The Morgan fingerprint density at radius 3 is 2.76 bits per heavy atom. The summed E-state index contributed by atoms with van der Waals surface area (Å²) in [5.74, 6) is 0.941. The van der Waals surface area contributed by atoms with Gasteiger partial charge in [0.05, 0.1) is 6.61 Å². The van der Waals surface area contributed by atoms with Crippen LogP contribution in [0.25, 0.3) is 0 Å². The fourth-order valence-corrected chi connectivity index (χ4v) is 2.92. The lowest BCUT2D eigenvalue weighted by Gasteiger charge is -2.16. The van der Waals surface area contributed by atoms with Crippen molar-refractivity contribution in [1.29, 1.82) is 0 Å². The summed E-state index contributed by atoms with van der Waals surface area (Å²) in [5.41, 5.74) is 2.64. The van der Waals surface area contributed by atoms with Gasteiger partial charge in [-0.25, -0.2) is 0 Å². The van der Waals surface area contributed by atoms with Crippen LogP contribution in [0, 0.1) is 13.8 Å². The van der Waals surface area contributed by atoms with Crippen LogP contribution in [0.1, 0.15) is 24.0 Å². The van der Waals surface area contributed by atoms with E-state index in [0.717, 1.165) is 5.75 Å². The van der Waals surface area contributed by atoms with Gasteiger partial charge in [-0.15, -0.1) is 11.8 Å². The van der Waals surface area contributed by atoms with Gasteiger partial charge in [0.25, 0.3) is 0 Å². The smallest absolute Gasteiger partial charge is 0.0592 e. The molecule has 2 rings (SSSR count). The highest BCUT2D eigenvalue weighted by molar-refractivity contribution is 7.99. The molecule has 0 radical (unpaired) electrons. The molecule has 0 aromatic heterocycles. The van der Waals surface area contributed by atoms with Gasteiger partial charge in [-0.2, -0.15) is 0 Å². The Balaban J connectivity index is 1.86. The Bertz CT molecular complexity index is 376. The third-order valence-electron chi connectivity index (χ3n) is 3.04. The first-order valence-corrected chi connectivity index (χ1v) is 7.24. The number of aliphatic hydroxyl groups is 1. The topological polar surface area (TPSA) is 32.3 Å². The lowest BCUT2D eigenvalue weighted by Crippen LogP contribution is -2.36. The molecule has 0 saturated heterocycles. The molecule has 1 aromatic carbocycles. The van der Waals surface area contributed by atoms with E-state index >= 15 is 0 Å². The summed E-state index contributed by atoms with van der Waals surface area (Å²) >= 11 is 1.84. The number of rotatable bonds is 6. The minimum atomic E-state index is 0.230. The summed E-state index contributed by atoms with van der Waals surface area (Å²) < 4.78 is 0. The van der Waals surface area contributed by atoms with Crippen molar-refractivity contribution in [2.75, 3.05) is 12.4 Å². The van der Waals surface area contributed by atoms with Crippen LogP contribution in [0.4, 0.5) is 0 Å². The Morgan fingerprint density at radius 1 is 1.41 bits per heavy atom. The summed E-state index contributed by atoms with van der Waals surface area (Å²) in [4.78, 5) is 1.33. The predicted molar refractivity (Wildman–Crippen MR) is 73.7 cm³/mol. The van der Waals surface area contributed by atoms with E-state index in [-0.39, 0.29) is 12.6 Å². The minimum Gasteiger partial charge on any atom is -0.395 e. The standard InChI is InChI=1S/C14H21NOS/c1-10-3-6-14(11(2)7-10)17-9-13(8-16)15-12-4-5-12/h3,6-7,12-13,15-16H,4-5,8-9H2,1-2H3. The third-order valence-corrected chi connectivity index (χ3v) is 4.38. The molecule has 0 heterocycles. The highest BCUT2D eigenvalue weighted by Crippen LogP contribution is 2.25. The molecule has 1 aliphatic carbocycles. The van der Waals surface area contributed by atoms with Crippen molar-refractivity contribution < 1.29 is 5.11 Å². The van der Waals surface area contributed by atoms with E-state index in [9.17, 15) is 5.11 Å². The van der Waals surface area contributed by atoms with Crippen LogP contribution in [0.3, 0.4) is 0 Å². The first kappa shape index (κ1) is 12.9. The normalized spacial score (nSPS) is 17.1. The monoisotopic (exact) mass is 251 g/mol. The summed E-state index contributed by atoms with van der Waals surface area (Å²) in [5, 5.41) is 12.8. The van der Waals surface area contributed by atoms with Gasteiger partial charge in [-0.1, -0.05) is 17.7 Å². The maximum Gasteiger partial charge on any atom is 0.0592 e. The van der Waals surface area contributed by atoms with Gasteiger partial charge in [0.1, 0.15) is 0 Å². The molecule has 0 aliphatic heterocycles. The summed E-state index contributed by atoms with van der Waals surface area (Å²) in [7, 11) is 0. The Kier molecular flexibility index (Phi) is 4.48. The summed E-state index contributed by atoms with van der Waals surface area (Å²) in [6.07, 6.45) is 2.54. The molecular formula is C14H21NOS. The molecule has 1 aliphatic rings. The van der Waals surface area contributed by atoms with Crippen molar-refractivity contribution in [3.05, 3.63) is 29.3 Å². The van der Waals surface area contributed by atoms with Crippen molar-refractivity contribution >= 4 is 11.8 Å². The van der Waals surface area contributed by atoms with Crippen LogP contribution in [-0.2, 0) is 0 Å². The molecule has 0 spiro atoms. The zero-order chi connectivity index (χ0) is 12.3. The SMILES string of the molecule is Cc1ccc(SCC(CO)NC2CC2)c(C)c1. The van der Waals surface area contributed by atoms with Gasteiger partial charge < -0.3 is 10.4 Å². The Morgan fingerprint density at radius 2 is 2.18 bits per heavy atom. The number of nitrogens with one attached hydrogen (secondary N) is 1. The zero-order valence-electron chi connectivity index (χ0n) is 10.6. The molecule has 0 amide bonds. The maximum absolute atomic E-state index is 9.32. The Hall–Kier alpha value is -0.510. The average Bonchev–Trinajstić information content (AvgIpc) is 3.10. The first-order valence-electron chi connectivity index (χ1n) is 6.26. The maximum atomic E-state index is 9.32. The summed E-state index contributed by atoms with van der Waals surface area (Å²) in [6.45, 7) is 4.50. The summed E-state index contributed by atoms with van der Waals surface area (Å²) in [6, 6.07) is 7.43. The van der Waals surface area contributed by atoms with E-state index < -0.39 is 0 Å². The second-order valence-electron chi connectivity index (χ2n) is 4.90. The van der Waals surface area contributed by atoms with E-state index in [1.54, 1.807) is 0 Å². The van der Waals surface area contributed by atoms with Crippen LogP contribution in [-0.4, -0.2) is 29.5 Å². The third kappa shape index (κ3) is 4.02. The molecule has 1 saturated carbocycles. The molecule has 1 unspecified atom stereocenters.